The highest BCUT2D eigenvalue weighted by Gasteiger charge is 2.12. The number of rotatable bonds is 4. The topological polar surface area (TPSA) is 46.2 Å². The smallest absolute Gasteiger partial charge is 0.225 e. The van der Waals surface area contributed by atoms with Crippen molar-refractivity contribution in [3.05, 3.63) is 48.0 Å². The minimum Gasteiger partial charge on any atom is -0.346 e. The third-order valence-electron chi connectivity index (χ3n) is 3.22. The van der Waals surface area contributed by atoms with Crippen LogP contribution in [0.5, 0.6) is 0 Å². The summed E-state index contributed by atoms with van der Waals surface area (Å²) in [5.41, 5.74) is 0.978. The van der Waals surface area contributed by atoms with Crippen molar-refractivity contribution in [2.75, 3.05) is 0 Å². The first kappa shape index (κ1) is 13.3. The molecule has 3 nitrogen and oxygen atoms in total. The van der Waals surface area contributed by atoms with Gasteiger partial charge >= 0.3 is 0 Å². The molecule has 0 radical (unpaired) electrons. The fraction of sp³-hybridized carbons (Fsp3) is 0.250. The van der Waals surface area contributed by atoms with Crippen molar-refractivity contribution in [1.29, 1.82) is 0 Å². The van der Waals surface area contributed by atoms with Gasteiger partial charge in [-0.25, -0.2) is 0 Å². The van der Waals surface area contributed by atoms with Crippen LogP contribution in [-0.2, 0) is 16.0 Å². The predicted octanol–water partition coefficient (Wildman–Crippen LogP) is 2.48. The maximum absolute atomic E-state index is 11.9. The molecule has 3 heteroatoms. The van der Waals surface area contributed by atoms with E-state index >= 15 is 0 Å². The van der Waals surface area contributed by atoms with Crippen LogP contribution in [0.15, 0.2) is 42.5 Å². The lowest BCUT2D eigenvalue weighted by Crippen LogP contribution is -2.38. The number of hydrogen-bond donors (Lipinski definition) is 1. The number of fused-ring (bicyclic) bond motifs is 1. The SMILES string of the molecule is CC(=O)C(C)NC(=O)Cc1cccc2ccccc12. The molecule has 1 unspecified atom stereocenters. The Labute approximate surface area is 112 Å². The van der Waals surface area contributed by atoms with Gasteiger partial charge < -0.3 is 5.32 Å². The molecule has 0 aromatic heterocycles. The molecule has 0 saturated heterocycles. The van der Waals surface area contributed by atoms with Gasteiger partial charge in [-0.05, 0) is 30.2 Å². The van der Waals surface area contributed by atoms with E-state index in [2.05, 4.69) is 5.32 Å². The Hall–Kier alpha value is -2.16. The van der Waals surface area contributed by atoms with Crippen LogP contribution in [-0.4, -0.2) is 17.7 Å². The molecule has 0 fully saturated rings. The number of carbonyl (C=O) groups is 2. The van der Waals surface area contributed by atoms with E-state index < -0.39 is 6.04 Å². The van der Waals surface area contributed by atoms with Gasteiger partial charge in [0.2, 0.25) is 5.91 Å². The minimum atomic E-state index is -0.428. The van der Waals surface area contributed by atoms with Crippen LogP contribution in [0.1, 0.15) is 19.4 Å². The Balaban J connectivity index is 2.17. The highest BCUT2D eigenvalue weighted by Crippen LogP contribution is 2.18. The molecule has 19 heavy (non-hydrogen) atoms. The molecule has 1 amide bonds. The van der Waals surface area contributed by atoms with E-state index in [1.165, 1.54) is 6.92 Å². The van der Waals surface area contributed by atoms with Crippen molar-refractivity contribution in [2.24, 2.45) is 0 Å². The first-order valence-corrected chi connectivity index (χ1v) is 6.34. The molecule has 0 saturated carbocycles. The number of amides is 1. The third-order valence-corrected chi connectivity index (χ3v) is 3.22. The Morgan fingerprint density at radius 1 is 1.11 bits per heavy atom. The summed E-state index contributed by atoms with van der Waals surface area (Å²) in [6.45, 7) is 3.17. The molecule has 0 bridgehead atoms. The largest absolute Gasteiger partial charge is 0.346 e. The summed E-state index contributed by atoms with van der Waals surface area (Å²) < 4.78 is 0. The predicted molar refractivity (Wildman–Crippen MR) is 75.9 cm³/mol. The van der Waals surface area contributed by atoms with Crippen LogP contribution < -0.4 is 5.32 Å². The molecule has 0 aliphatic carbocycles. The zero-order chi connectivity index (χ0) is 13.8. The molecule has 0 aliphatic rings. The van der Waals surface area contributed by atoms with E-state index in [1.807, 2.05) is 42.5 Å². The van der Waals surface area contributed by atoms with Gasteiger partial charge in [-0.15, -0.1) is 0 Å². The van der Waals surface area contributed by atoms with Crippen molar-refractivity contribution < 1.29 is 9.59 Å². The number of benzene rings is 2. The van der Waals surface area contributed by atoms with Gasteiger partial charge in [0.25, 0.3) is 0 Å². The van der Waals surface area contributed by atoms with Gasteiger partial charge in [-0.3, -0.25) is 9.59 Å². The summed E-state index contributed by atoms with van der Waals surface area (Å²) >= 11 is 0. The highest BCUT2D eigenvalue weighted by molar-refractivity contribution is 5.92. The number of ketones is 1. The van der Waals surface area contributed by atoms with E-state index in [1.54, 1.807) is 6.92 Å². The molecule has 2 rings (SSSR count). The Kier molecular flexibility index (Phi) is 3.95. The summed E-state index contributed by atoms with van der Waals surface area (Å²) in [6.07, 6.45) is 0.291. The van der Waals surface area contributed by atoms with Crippen LogP contribution in [0.25, 0.3) is 10.8 Å². The summed E-state index contributed by atoms with van der Waals surface area (Å²) in [5, 5.41) is 4.90. The molecule has 2 aromatic rings. The molecule has 98 valence electrons. The quantitative estimate of drug-likeness (QED) is 0.912. The fourth-order valence-electron chi connectivity index (χ4n) is 2.01. The fourth-order valence-corrected chi connectivity index (χ4v) is 2.01. The zero-order valence-corrected chi connectivity index (χ0v) is 11.1. The molecule has 0 aliphatic heterocycles. The van der Waals surface area contributed by atoms with Crippen LogP contribution in [0, 0.1) is 0 Å². The van der Waals surface area contributed by atoms with Crippen LogP contribution in [0.4, 0.5) is 0 Å². The molecular weight excluding hydrogens is 238 g/mol. The Morgan fingerprint density at radius 3 is 2.53 bits per heavy atom. The monoisotopic (exact) mass is 255 g/mol. The third kappa shape index (κ3) is 3.19. The number of nitrogens with one attached hydrogen (secondary N) is 1. The lowest BCUT2D eigenvalue weighted by molar-refractivity contribution is -0.126. The second-order valence-electron chi connectivity index (χ2n) is 4.71. The molecule has 0 spiro atoms. The van der Waals surface area contributed by atoms with E-state index in [-0.39, 0.29) is 11.7 Å². The minimum absolute atomic E-state index is 0.0359. The van der Waals surface area contributed by atoms with Crippen molar-refractivity contribution in [2.45, 2.75) is 26.3 Å². The van der Waals surface area contributed by atoms with E-state index in [9.17, 15) is 9.59 Å². The molecule has 1 N–H and O–H groups in total. The van der Waals surface area contributed by atoms with Crippen LogP contribution in [0.2, 0.25) is 0 Å². The normalized spacial score (nSPS) is 12.1. The highest BCUT2D eigenvalue weighted by atomic mass is 16.2. The van der Waals surface area contributed by atoms with Gasteiger partial charge in [-0.1, -0.05) is 42.5 Å². The average molecular weight is 255 g/mol. The number of hydrogen-bond acceptors (Lipinski definition) is 2. The van der Waals surface area contributed by atoms with Crippen molar-refractivity contribution in [1.82, 2.24) is 5.32 Å². The van der Waals surface area contributed by atoms with Crippen molar-refractivity contribution in [3.8, 4) is 0 Å². The lowest BCUT2D eigenvalue weighted by atomic mass is 10.0. The second-order valence-corrected chi connectivity index (χ2v) is 4.71. The maximum Gasteiger partial charge on any atom is 0.225 e. The van der Waals surface area contributed by atoms with E-state index in [0.717, 1.165) is 16.3 Å². The zero-order valence-electron chi connectivity index (χ0n) is 11.1. The molecular formula is C16H17NO2. The number of carbonyl (C=O) groups excluding carboxylic acids is 2. The molecule has 1 atom stereocenters. The van der Waals surface area contributed by atoms with Crippen LogP contribution in [0.3, 0.4) is 0 Å². The van der Waals surface area contributed by atoms with Gasteiger partial charge in [0.05, 0.1) is 12.5 Å². The average Bonchev–Trinajstić information content (AvgIpc) is 2.39. The standard InChI is InChI=1S/C16H17NO2/c1-11(12(2)18)17-16(19)10-14-8-5-7-13-6-3-4-9-15(13)14/h3-9,11H,10H2,1-2H3,(H,17,19). The Bertz CT molecular complexity index is 614. The summed E-state index contributed by atoms with van der Waals surface area (Å²) in [5.74, 6) is -0.162. The maximum atomic E-state index is 11.9. The first-order valence-electron chi connectivity index (χ1n) is 6.34. The van der Waals surface area contributed by atoms with Crippen molar-refractivity contribution >= 4 is 22.5 Å². The lowest BCUT2D eigenvalue weighted by Gasteiger charge is -2.11. The van der Waals surface area contributed by atoms with Gasteiger partial charge in [-0.2, -0.15) is 0 Å². The van der Waals surface area contributed by atoms with Gasteiger partial charge in [0.1, 0.15) is 0 Å². The second kappa shape index (κ2) is 5.65. The van der Waals surface area contributed by atoms with Crippen molar-refractivity contribution in [3.63, 3.8) is 0 Å². The van der Waals surface area contributed by atoms with Gasteiger partial charge in [0.15, 0.2) is 5.78 Å². The van der Waals surface area contributed by atoms with Gasteiger partial charge in [0, 0.05) is 0 Å². The Morgan fingerprint density at radius 2 is 1.79 bits per heavy atom. The number of Topliss-reactive ketones (excluding diaryl/α,β-unsaturated/α-hetero) is 1. The van der Waals surface area contributed by atoms with E-state index in [4.69, 9.17) is 0 Å². The first-order chi connectivity index (χ1) is 9.08. The summed E-state index contributed by atoms with van der Waals surface area (Å²) in [4.78, 5) is 23.0. The van der Waals surface area contributed by atoms with E-state index in [0.29, 0.717) is 6.42 Å². The summed E-state index contributed by atoms with van der Waals surface area (Å²) in [7, 11) is 0. The molecule has 2 aromatic carbocycles. The van der Waals surface area contributed by atoms with Crippen LogP contribution >= 0.6 is 0 Å². The molecule has 0 heterocycles. The summed E-state index contributed by atoms with van der Waals surface area (Å²) in [6, 6.07) is 13.4.